The van der Waals surface area contributed by atoms with Gasteiger partial charge in [0, 0.05) is 18.8 Å². The molecule has 0 amide bonds. The molecule has 0 bridgehead atoms. The summed E-state index contributed by atoms with van der Waals surface area (Å²) in [5.74, 6) is -1.03. The van der Waals surface area contributed by atoms with Crippen LogP contribution in [0.5, 0.6) is 0 Å². The van der Waals surface area contributed by atoms with Gasteiger partial charge in [-0.05, 0) is 0 Å². The van der Waals surface area contributed by atoms with Crippen molar-refractivity contribution < 1.29 is 9.90 Å². The van der Waals surface area contributed by atoms with Crippen molar-refractivity contribution >= 4 is 11.8 Å². The average Bonchev–Trinajstić information content (AvgIpc) is 1.99. The molecule has 1 rings (SSSR count). The minimum atomic E-state index is -1.01. The summed E-state index contributed by atoms with van der Waals surface area (Å²) in [7, 11) is 1.49. The average molecular weight is 183 g/mol. The summed E-state index contributed by atoms with van der Waals surface area (Å²) in [4.78, 5) is 24.7. The molecule has 3 N–H and O–H groups in total. The molecular weight excluding hydrogens is 174 g/mol. The topological polar surface area (TPSA) is 98.2 Å². The number of hydrogen-bond donors (Lipinski definition) is 2. The van der Waals surface area contributed by atoms with Gasteiger partial charge in [-0.2, -0.15) is 4.98 Å². The van der Waals surface area contributed by atoms with Crippen LogP contribution in [0, 0.1) is 0 Å². The summed E-state index contributed by atoms with van der Waals surface area (Å²) >= 11 is 0. The zero-order chi connectivity index (χ0) is 10.0. The van der Waals surface area contributed by atoms with Crippen LogP contribution in [0.4, 0.5) is 5.82 Å². The smallest absolute Gasteiger partial charge is 0.349 e. The highest BCUT2D eigenvalue weighted by atomic mass is 16.4. The van der Waals surface area contributed by atoms with Gasteiger partial charge in [0.05, 0.1) is 6.42 Å². The van der Waals surface area contributed by atoms with Gasteiger partial charge in [-0.25, -0.2) is 4.79 Å². The largest absolute Gasteiger partial charge is 0.481 e. The Morgan fingerprint density at radius 3 is 2.92 bits per heavy atom. The number of carbonyl (C=O) groups is 1. The van der Waals surface area contributed by atoms with Crippen molar-refractivity contribution in [1.29, 1.82) is 0 Å². The molecule has 0 aromatic carbocycles. The highest BCUT2D eigenvalue weighted by molar-refractivity contribution is 5.71. The number of anilines is 1. The number of carboxylic acid groups (broad SMARTS) is 1. The molecular formula is C7H9N3O3. The number of nitrogen functional groups attached to an aromatic ring is 1. The number of nitrogens with zero attached hydrogens (tertiary/aromatic N) is 2. The third-order valence-electron chi connectivity index (χ3n) is 1.54. The van der Waals surface area contributed by atoms with Gasteiger partial charge in [0.2, 0.25) is 0 Å². The molecule has 0 saturated heterocycles. The second-order valence-electron chi connectivity index (χ2n) is 2.62. The highest BCUT2D eigenvalue weighted by Crippen LogP contribution is 2.04. The van der Waals surface area contributed by atoms with Crippen LogP contribution < -0.4 is 11.4 Å². The molecule has 13 heavy (non-hydrogen) atoms. The van der Waals surface area contributed by atoms with Crippen LogP contribution in [-0.4, -0.2) is 20.6 Å². The first kappa shape index (κ1) is 9.24. The standard InChI is InChI=1S/C7H9N3O3/c1-10-3-4(2-5(11)12)6(8)9-7(10)13/h3H,2H2,1H3,(H,11,12)(H2,8,9,13). The second-order valence-corrected chi connectivity index (χ2v) is 2.62. The lowest BCUT2D eigenvalue weighted by Crippen LogP contribution is -2.23. The predicted octanol–water partition coefficient (Wildman–Crippen LogP) is -1.01. The third kappa shape index (κ3) is 2.05. The fraction of sp³-hybridized carbons (Fsp3) is 0.286. The molecule has 0 saturated carbocycles. The van der Waals surface area contributed by atoms with Gasteiger partial charge in [-0.3, -0.25) is 4.79 Å². The van der Waals surface area contributed by atoms with Crippen LogP contribution >= 0.6 is 0 Å². The summed E-state index contributed by atoms with van der Waals surface area (Å²) in [5, 5.41) is 8.48. The Morgan fingerprint density at radius 1 is 1.77 bits per heavy atom. The monoisotopic (exact) mass is 183 g/mol. The highest BCUT2D eigenvalue weighted by Gasteiger charge is 2.07. The van der Waals surface area contributed by atoms with E-state index in [0.29, 0.717) is 5.56 Å². The molecule has 1 aromatic rings. The number of aryl methyl sites for hydroxylation is 1. The Labute approximate surface area is 73.6 Å². The Morgan fingerprint density at radius 2 is 2.38 bits per heavy atom. The number of aromatic nitrogens is 2. The first-order valence-electron chi connectivity index (χ1n) is 3.54. The normalized spacial score (nSPS) is 9.92. The van der Waals surface area contributed by atoms with Crippen LogP contribution in [-0.2, 0) is 18.3 Å². The van der Waals surface area contributed by atoms with Crippen LogP contribution in [0.2, 0.25) is 0 Å². The first-order valence-corrected chi connectivity index (χ1v) is 3.54. The summed E-state index contributed by atoms with van der Waals surface area (Å²) in [6.45, 7) is 0. The number of nitrogens with two attached hydrogens (primary N) is 1. The van der Waals surface area contributed by atoms with E-state index in [1.807, 2.05) is 0 Å². The lowest BCUT2D eigenvalue weighted by Gasteiger charge is -2.03. The quantitative estimate of drug-likeness (QED) is 0.612. The molecule has 0 spiro atoms. The molecule has 0 aliphatic rings. The Kier molecular flexibility index (Phi) is 2.32. The van der Waals surface area contributed by atoms with Gasteiger partial charge in [0.25, 0.3) is 0 Å². The van der Waals surface area contributed by atoms with Gasteiger partial charge >= 0.3 is 11.7 Å². The van der Waals surface area contributed by atoms with Crippen LogP contribution in [0.1, 0.15) is 5.56 Å². The predicted molar refractivity (Wildman–Crippen MR) is 45.2 cm³/mol. The van der Waals surface area contributed by atoms with Gasteiger partial charge < -0.3 is 15.4 Å². The van der Waals surface area contributed by atoms with Crippen LogP contribution in [0.3, 0.4) is 0 Å². The van der Waals surface area contributed by atoms with E-state index in [-0.39, 0.29) is 12.2 Å². The van der Waals surface area contributed by atoms with Gasteiger partial charge in [0.1, 0.15) is 5.82 Å². The molecule has 0 aliphatic heterocycles. The Hall–Kier alpha value is -1.85. The zero-order valence-electron chi connectivity index (χ0n) is 7.02. The van der Waals surface area contributed by atoms with E-state index in [2.05, 4.69) is 4.98 Å². The summed E-state index contributed by atoms with van der Waals surface area (Å²) in [6.07, 6.45) is 1.14. The molecule has 0 fully saturated rings. The van der Waals surface area contributed by atoms with Crippen LogP contribution in [0.25, 0.3) is 0 Å². The van der Waals surface area contributed by atoms with E-state index in [9.17, 15) is 9.59 Å². The maximum Gasteiger partial charge on any atom is 0.349 e. The molecule has 0 radical (unpaired) electrons. The second kappa shape index (κ2) is 3.26. The van der Waals surface area contributed by atoms with Crippen molar-refractivity contribution in [2.24, 2.45) is 7.05 Å². The minimum Gasteiger partial charge on any atom is -0.481 e. The molecule has 0 atom stereocenters. The van der Waals surface area contributed by atoms with Gasteiger partial charge in [-0.1, -0.05) is 0 Å². The molecule has 6 heteroatoms. The van der Waals surface area contributed by atoms with E-state index >= 15 is 0 Å². The lowest BCUT2D eigenvalue weighted by atomic mass is 10.2. The number of carboxylic acids is 1. The van der Waals surface area contributed by atoms with Crippen molar-refractivity contribution in [2.75, 3.05) is 5.73 Å². The Balaban J connectivity index is 3.16. The van der Waals surface area contributed by atoms with Gasteiger partial charge in [0.15, 0.2) is 0 Å². The van der Waals surface area contributed by atoms with E-state index in [1.165, 1.54) is 17.8 Å². The molecule has 0 aliphatic carbocycles. The van der Waals surface area contributed by atoms with Crippen molar-refractivity contribution in [3.63, 3.8) is 0 Å². The minimum absolute atomic E-state index is 0.0227. The first-order chi connectivity index (χ1) is 6.00. The van der Waals surface area contributed by atoms with Crippen molar-refractivity contribution in [3.05, 3.63) is 22.2 Å². The number of aliphatic carboxylic acids is 1. The molecule has 70 valence electrons. The van der Waals surface area contributed by atoms with Crippen molar-refractivity contribution in [1.82, 2.24) is 9.55 Å². The maximum absolute atomic E-state index is 10.9. The number of rotatable bonds is 2. The summed E-state index contributed by atoms with van der Waals surface area (Å²) in [5.41, 5.74) is 5.20. The van der Waals surface area contributed by atoms with Gasteiger partial charge in [-0.15, -0.1) is 0 Å². The summed E-state index contributed by atoms with van der Waals surface area (Å²) < 4.78 is 1.19. The van der Waals surface area contributed by atoms with E-state index in [1.54, 1.807) is 0 Å². The molecule has 1 aromatic heterocycles. The molecule has 0 unspecified atom stereocenters. The fourth-order valence-electron chi connectivity index (χ4n) is 0.908. The van der Waals surface area contributed by atoms with Crippen molar-refractivity contribution in [3.8, 4) is 0 Å². The van der Waals surface area contributed by atoms with Crippen LogP contribution in [0.15, 0.2) is 11.0 Å². The maximum atomic E-state index is 10.9. The SMILES string of the molecule is Cn1cc(CC(=O)O)c(N)nc1=O. The third-order valence-corrected chi connectivity index (χ3v) is 1.54. The number of hydrogen-bond acceptors (Lipinski definition) is 4. The van der Waals surface area contributed by atoms with E-state index in [0.717, 1.165) is 0 Å². The summed E-state index contributed by atoms with van der Waals surface area (Å²) in [6, 6.07) is 0. The fourth-order valence-corrected chi connectivity index (χ4v) is 0.908. The zero-order valence-corrected chi connectivity index (χ0v) is 7.02. The molecule has 6 nitrogen and oxygen atoms in total. The van der Waals surface area contributed by atoms with E-state index < -0.39 is 11.7 Å². The van der Waals surface area contributed by atoms with Crippen molar-refractivity contribution in [2.45, 2.75) is 6.42 Å². The van der Waals surface area contributed by atoms with E-state index in [4.69, 9.17) is 10.8 Å². The lowest BCUT2D eigenvalue weighted by molar-refractivity contribution is -0.136. The Bertz CT molecular complexity index is 396. The molecule has 1 heterocycles.